The zero-order chi connectivity index (χ0) is 14.4. The normalized spacial score (nSPS) is 16.3. The van der Waals surface area contributed by atoms with Gasteiger partial charge in [0.25, 0.3) is 0 Å². The Bertz CT molecular complexity index is 396. The van der Waals surface area contributed by atoms with Gasteiger partial charge in [0.05, 0.1) is 6.54 Å². The molecule has 19 heavy (non-hydrogen) atoms. The van der Waals surface area contributed by atoms with Gasteiger partial charge in [-0.1, -0.05) is 0 Å². The lowest BCUT2D eigenvalue weighted by Crippen LogP contribution is -2.41. The number of nitrogens with zero attached hydrogens (tertiary/aromatic N) is 1. The van der Waals surface area contributed by atoms with E-state index in [1.165, 1.54) is 4.90 Å². The van der Waals surface area contributed by atoms with Gasteiger partial charge >= 0.3 is 5.97 Å². The number of hydrogen-bond acceptors (Lipinski definition) is 5. The molecule has 1 saturated heterocycles. The molecule has 0 aromatic heterocycles. The van der Waals surface area contributed by atoms with Crippen LogP contribution >= 0.6 is 0 Å². The molecule has 1 fully saturated rings. The van der Waals surface area contributed by atoms with Gasteiger partial charge in [0.15, 0.2) is 0 Å². The van der Waals surface area contributed by atoms with E-state index in [4.69, 9.17) is 10.8 Å². The van der Waals surface area contributed by atoms with Gasteiger partial charge < -0.3 is 15.7 Å². The largest absolute Gasteiger partial charge is 0.480 e. The van der Waals surface area contributed by atoms with Crippen molar-refractivity contribution >= 4 is 23.7 Å². The summed E-state index contributed by atoms with van der Waals surface area (Å²) in [6.07, 6.45) is 0.951. The number of carbonyl (C=O) groups excluding carboxylic acids is 3. The van der Waals surface area contributed by atoms with Gasteiger partial charge in [-0.15, -0.1) is 0 Å². The van der Waals surface area contributed by atoms with E-state index in [1.807, 2.05) is 0 Å². The van der Waals surface area contributed by atoms with Crippen molar-refractivity contribution < 1.29 is 24.3 Å². The third-order valence-electron chi connectivity index (χ3n) is 2.78. The minimum absolute atomic E-state index is 0.0446. The highest BCUT2D eigenvalue weighted by atomic mass is 16.4. The molecule has 1 atom stereocenters. The first-order valence-corrected chi connectivity index (χ1v) is 5.99. The van der Waals surface area contributed by atoms with Gasteiger partial charge in [0.1, 0.15) is 6.04 Å². The fourth-order valence-corrected chi connectivity index (χ4v) is 1.71. The Hall–Kier alpha value is -1.96. The molecule has 0 aromatic carbocycles. The Morgan fingerprint density at radius 2 is 2.05 bits per heavy atom. The number of rotatable bonds is 6. The summed E-state index contributed by atoms with van der Waals surface area (Å²) in [7, 11) is 0. The highest BCUT2D eigenvalue weighted by Gasteiger charge is 2.23. The topological polar surface area (TPSA) is 130 Å². The van der Waals surface area contributed by atoms with Crippen molar-refractivity contribution in [1.82, 2.24) is 10.2 Å². The maximum atomic E-state index is 11.5. The molecule has 0 spiro atoms. The van der Waals surface area contributed by atoms with Gasteiger partial charge in [-0.05, 0) is 12.8 Å². The molecule has 1 aliphatic rings. The highest BCUT2D eigenvalue weighted by molar-refractivity contribution is 5.97. The molecule has 1 heterocycles. The van der Waals surface area contributed by atoms with E-state index >= 15 is 0 Å². The molecular formula is C11H17N3O5. The van der Waals surface area contributed by atoms with Gasteiger partial charge in [0, 0.05) is 19.4 Å². The summed E-state index contributed by atoms with van der Waals surface area (Å²) in [5.41, 5.74) is 5.23. The molecule has 0 aliphatic carbocycles. The van der Waals surface area contributed by atoms with Crippen LogP contribution in [0.4, 0.5) is 0 Å². The number of nitrogens with two attached hydrogens (primary N) is 1. The van der Waals surface area contributed by atoms with Crippen molar-refractivity contribution in [2.24, 2.45) is 5.73 Å². The molecular weight excluding hydrogens is 254 g/mol. The standard InChI is InChI=1S/C11H17N3O5/c12-7(11(18)19)3-4-8(15)13-9(16)6-14-5-1-2-10(14)17/h7H,1-6,12H2,(H,18,19)(H,13,15,16). The minimum atomic E-state index is -1.19. The van der Waals surface area contributed by atoms with Crippen LogP contribution in [0, 0.1) is 0 Å². The maximum absolute atomic E-state index is 11.5. The molecule has 0 aromatic rings. The van der Waals surface area contributed by atoms with Crippen molar-refractivity contribution in [2.75, 3.05) is 13.1 Å². The number of aliphatic carboxylic acids is 1. The van der Waals surface area contributed by atoms with Crippen LogP contribution in [0.15, 0.2) is 0 Å². The molecule has 0 bridgehead atoms. The summed E-state index contributed by atoms with van der Waals surface area (Å²) < 4.78 is 0. The molecule has 1 unspecified atom stereocenters. The molecule has 8 heteroatoms. The van der Waals surface area contributed by atoms with Crippen LogP contribution in [0.3, 0.4) is 0 Å². The highest BCUT2D eigenvalue weighted by Crippen LogP contribution is 2.08. The lowest BCUT2D eigenvalue weighted by atomic mass is 10.1. The molecule has 0 saturated carbocycles. The molecule has 4 N–H and O–H groups in total. The Kier molecular flexibility index (Phi) is 5.43. The first-order chi connectivity index (χ1) is 8.90. The lowest BCUT2D eigenvalue weighted by Gasteiger charge is -2.14. The predicted molar refractivity (Wildman–Crippen MR) is 63.8 cm³/mol. The Labute approximate surface area is 109 Å². The van der Waals surface area contributed by atoms with Crippen LogP contribution in [-0.4, -0.2) is 52.8 Å². The Balaban J connectivity index is 2.26. The third kappa shape index (κ3) is 5.04. The average molecular weight is 271 g/mol. The Morgan fingerprint density at radius 1 is 1.37 bits per heavy atom. The summed E-state index contributed by atoms with van der Waals surface area (Å²) >= 11 is 0. The quantitative estimate of drug-likeness (QED) is 0.536. The lowest BCUT2D eigenvalue weighted by molar-refractivity contribution is -0.139. The summed E-state index contributed by atoms with van der Waals surface area (Å²) in [6.45, 7) is 0.375. The molecule has 1 aliphatic heterocycles. The van der Waals surface area contributed by atoms with E-state index in [-0.39, 0.29) is 25.3 Å². The monoisotopic (exact) mass is 271 g/mol. The zero-order valence-electron chi connectivity index (χ0n) is 10.4. The van der Waals surface area contributed by atoms with Gasteiger partial charge in [-0.25, -0.2) is 0 Å². The summed E-state index contributed by atoms with van der Waals surface area (Å²) in [4.78, 5) is 45.9. The van der Waals surface area contributed by atoms with Gasteiger partial charge in [-0.2, -0.15) is 0 Å². The summed E-state index contributed by atoms with van der Waals surface area (Å²) in [6, 6.07) is -1.12. The molecule has 3 amide bonds. The van der Waals surface area contributed by atoms with Crippen LogP contribution in [0.1, 0.15) is 25.7 Å². The number of likely N-dealkylation sites (tertiary alicyclic amines) is 1. The van der Waals surface area contributed by atoms with Crippen molar-refractivity contribution in [2.45, 2.75) is 31.7 Å². The Morgan fingerprint density at radius 3 is 2.58 bits per heavy atom. The average Bonchev–Trinajstić information content (AvgIpc) is 2.71. The molecule has 0 radical (unpaired) electrons. The van der Waals surface area contributed by atoms with Crippen LogP contribution in [-0.2, 0) is 19.2 Å². The zero-order valence-corrected chi connectivity index (χ0v) is 10.4. The van der Waals surface area contributed by atoms with Gasteiger partial charge in [0.2, 0.25) is 17.7 Å². The number of hydrogen-bond donors (Lipinski definition) is 3. The van der Waals surface area contributed by atoms with E-state index in [1.54, 1.807) is 0 Å². The third-order valence-corrected chi connectivity index (χ3v) is 2.78. The smallest absolute Gasteiger partial charge is 0.320 e. The van der Waals surface area contributed by atoms with E-state index < -0.39 is 23.8 Å². The van der Waals surface area contributed by atoms with E-state index in [0.29, 0.717) is 19.4 Å². The van der Waals surface area contributed by atoms with Crippen molar-refractivity contribution in [3.05, 3.63) is 0 Å². The van der Waals surface area contributed by atoms with Crippen molar-refractivity contribution in [3.63, 3.8) is 0 Å². The maximum Gasteiger partial charge on any atom is 0.320 e. The summed E-state index contributed by atoms with van der Waals surface area (Å²) in [5, 5.41) is 10.6. The van der Waals surface area contributed by atoms with Crippen LogP contribution in [0.5, 0.6) is 0 Å². The number of amides is 3. The second-order valence-corrected chi connectivity index (χ2v) is 4.37. The van der Waals surface area contributed by atoms with Crippen LogP contribution in [0.2, 0.25) is 0 Å². The molecule has 1 rings (SSSR count). The fourth-order valence-electron chi connectivity index (χ4n) is 1.71. The SMILES string of the molecule is NC(CCC(=O)NC(=O)CN1CCCC1=O)C(=O)O. The van der Waals surface area contributed by atoms with E-state index in [9.17, 15) is 19.2 Å². The number of carboxylic acid groups (broad SMARTS) is 1. The van der Waals surface area contributed by atoms with Crippen LogP contribution < -0.4 is 11.1 Å². The van der Waals surface area contributed by atoms with E-state index in [0.717, 1.165) is 0 Å². The fraction of sp³-hybridized carbons (Fsp3) is 0.636. The molecule has 8 nitrogen and oxygen atoms in total. The van der Waals surface area contributed by atoms with Gasteiger partial charge in [-0.3, -0.25) is 24.5 Å². The van der Waals surface area contributed by atoms with E-state index in [2.05, 4.69) is 5.32 Å². The number of carboxylic acids is 1. The predicted octanol–water partition coefficient (Wildman–Crippen LogP) is -1.56. The second kappa shape index (κ2) is 6.83. The number of carbonyl (C=O) groups is 4. The number of nitrogens with one attached hydrogen (secondary N) is 1. The first-order valence-electron chi connectivity index (χ1n) is 5.99. The second-order valence-electron chi connectivity index (χ2n) is 4.37. The van der Waals surface area contributed by atoms with Crippen molar-refractivity contribution in [1.29, 1.82) is 0 Å². The molecule has 106 valence electrons. The van der Waals surface area contributed by atoms with Crippen molar-refractivity contribution in [3.8, 4) is 0 Å². The minimum Gasteiger partial charge on any atom is -0.480 e. The van der Waals surface area contributed by atoms with Crippen LogP contribution in [0.25, 0.3) is 0 Å². The first kappa shape index (κ1) is 15.1. The number of imide groups is 1. The summed E-state index contributed by atoms with van der Waals surface area (Å²) in [5.74, 6) is -2.45.